The van der Waals surface area contributed by atoms with Crippen molar-refractivity contribution in [2.24, 2.45) is 0 Å². The van der Waals surface area contributed by atoms with E-state index in [1.54, 1.807) is 45.5 Å². The van der Waals surface area contributed by atoms with Crippen molar-refractivity contribution >= 4 is 18.0 Å². The molecule has 1 aromatic heterocycles. The van der Waals surface area contributed by atoms with E-state index in [-0.39, 0.29) is 24.1 Å². The third-order valence-corrected chi connectivity index (χ3v) is 5.93. The minimum atomic E-state index is -0.361. The van der Waals surface area contributed by atoms with Gasteiger partial charge in [0.2, 0.25) is 0 Å². The molecule has 0 saturated heterocycles. The molecular weight excluding hydrogens is 470 g/mol. The van der Waals surface area contributed by atoms with Gasteiger partial charge in [0.25, 0.3) is 5.91 Å². The molecule has 1 aliphatic rings. The van der Waals surface area contributed by atoms with Gasteiger partial charge in [-0.2, -0.15) is 0 Å². The molecule has 1 N–H and O–H groups in total. The zero-order valence-electron chi connectivity index (χ0n) is 21.1. The van der Waals surface area contributed by atoms with Crippen LogP contribution in [0.5, 0.6) is 11.5 Å². The van der Waals surface area contributed by atoms with Crippen LogP contribution in [0, 0.1) is 0 Å². The number of esters is 1. The molecule has 1 heterocycles. The average Bonchev–Trinajstić information content (AvgIpc) is 2.92. The van der Waals surface area contributed by atoms with Crippen LogP contribution in [0.2, 0.25) is 0 Å². The van der Waals surface area contributed by atoms with Gasteiger partial charge in [0.1, 0.15) is 17.2 Å². The summed E-state index contributed by atoms with van der Waals surface area (Å²) in [5.74, 6) is 1.02. The molecule has 4 rings (SSSR count). The van der Waals surface area contributed by atoms with Gasteiger partial charge in [-0.3, -0.25) is 4.79 Å². The number of fused-ring (bicyclic) bond motifs is 1. The van der Waals surface area contributed by atoms with Crippen molar-refractivity contribution in [3.63, 3.8) is 0 Å². The molecule has 0 radical (unpaired) electrons. The summed E-state index contributed by atoms with van der Waals surface area (Å²) in [4.78, 5) is 34.1. The van der Waals surface area contributed by atoms with Gasteiger partial charge in [-0.05, 0) is 61.2 Å². The zero-order valence-corrected chi connectivity index (χ0v) is 21.1. The van der Waals surface area contributed by atoms with E-state index in [4.69, 9.17) is 14.2 Å². The Morgan fingerprint density at radius 1 is 1.05 bits per heavy atom. The molecule has 1 aliphatic carbocycles. The van der Waals surface area contributed by atoms with E-state index < -0.39 is 0 Å². The van der Waals surface area contributed by atoms with Crippen LogP contribution in [-0.4, -0.2) is 42.7 Å². The van der Waals surface area contributed by atoms with Gasteiger partial charge >= 0.3 is 5.97 Å². The molecule has 0 saturated carbocycles. The summed E-state index contributed by atoms with van der Waals surface area (Å²) in [6.45, 7) is 2.36. The maximum absolute atomic E-state index is 12.9. The van der Waals surface area contributed by atoms with Crippen molar-refractivity contribution in [1.29, 1.82) is 0 Å². The maximum atomic E-state index is 12.9. The summed E-state index contributed by atoms with van der Waals surface area (Å²) >= 11 is 0. The van der Waals surface area contributed by atoms with Gasteiger partial charge in [-0.15, -0.1) is 0 Å². The Bertz CT molecular complexity index is 1360. The molecule has 1 amide bonds. The van der Waals surface area contributed by atoms with Crippen molar-refractivity contribution in [2.75, 3.05) is 20.8 Å². The first-order chi connectivity index (χ1) is 18.0. The van der Waals surface area contributed by atoms with Gasteiger partial charge in [-0.25, -0.2) is 14.8 Å². The smallest absolute Gasteiger partial charge is 0.338 e. The van der Waals surface area contributed by atoms with E-state index in [9.17, 15) is 9.59 Å². The number of carbonyl (C=O) groups excluding carboxylic acids is 2. The number of hydrogen-bond acceptors (Lipinski definition) is 7. The number of rotatable bonds is 8. The Hall–Kier alpha value is -4.46. The third-order valence-electron chi connectivity index (χ3n) is 5.93. The van der Waals surface area contributed by atoms with Crippen molar-refractivity contribution in [2.45, 2.75) is 26.3 Å². The second-order valence-electron chi connectivity index (χ2n) is 8.30. The van der Waals surface area contributed by atoms with Gasteiger partial charge in [-0.1, -0.05) is 24.3 Å². The molecule has 0 spiro atoms. The molecule has 37 heavy (non-hydrogen) atoms. The highest BCUT2D eigenvalue weighted by atomic mass is 16.5. The normalized spacial score (nSPS) is 14.7. The minimum absolute atomic E-state index is 0.245. The van der Waals surface area contributed by atoms with E-state index in [0.717, 1.165) is 35.1 Å². The molecule has 8 nitrogen and oxygen atoms in total. The van der Waals surface area contributed by atoms with Gasteiger partial charge in [0.05, 0.1) is 26.4 Å². The van der Waals surface area contributed by atoms with Crippen molar-refractivity contribution in [1.82, 2.24) is 15.3 Å². The zero-order chi connectivity index (χ0) is 26.2. The van der Waals surface area contributed by atoms with Gasteiger partial charge in [0, 0.05) is 29.9 Å². The Balaban J connectivity index is 1.56. The predicted octanol–water partition coefficient (Wildman–Crippen LogP) is 4.54. The second-order valence-corrected chi connectivity index (χ2v) is 8.30. The fourth-order valence-corrected chi connectivity index (χ4v) is 3.99. The maximum Gasteiger partial charge on any atom is 0.338 e. The molecule has 190 valence electrons. The molecule has 0 fully saturated rings. The SMILES string of the molecule is CCOC(=O)C1=C/c2cc(-c3nccc(C(=O)NCc4ccc(OC)cc4OC)n3)ccc2CC\C=C\1. The Kier molecular flexibility index (Phi) is 8.30. The highest BCUT2D eigenvalue weighted by molar-refractivity contribution is 5.97. The third kappa shape index (κ3) is 6.22. The first-order valence-electron chi connectivity index (χ1n) is 12.0. The summed E-state index contributed by atoms with van der Waals surface area (Å²) in [6, 6.07) is 12.9. The van der Waals surface area contributed by atoms with E-state index >= 15 is 0 Å². The highest BCUT2D eigenvalue weighted by Gasteiger charge is 2.15. The second kappa shape index (κ2) is 12.0. The number of aromatic nitrogens is 2. The van der Waals surface area contributed by atoms with Crippen LogP contribution in [-0.2, 0) is 22.5 Å². The molecule has 0 unspecified atom stereocenters. The lowest BCUT2D eigenvalue weighted by atomic mass is 9.95. The molecule has 0 atom stereocenters. The summed E-state index contributed by atoms with van der Waals surface area (Å²) in [5, 5.41) is 2.88. The molecular formula is C29H29N3O5. The van der Waals surface area contributed by atoms with E-state index in [1.165, 1.54) is 0 Å². The van der Waals surface area contributed by atoms with E-state index in [1.807, 2.05) is 42.5 Å². The van der Waals surface area contributed by atoms with E-state index in [0.29, 0.717) is 29.5 Å². The van der Waals surface area contributed by atoms with Crippen molar-refractivity contribution in [3.8, 4) is 22.9 Å². The molecule has 3 aromatic rings. The topological polar surface area (TPSA) is 99.6 Å². The number of ether oxygens (including phenoxy) is 3. The number of amides is 1. The Morgan fingerprint density at radius 2 is 1.92 bits per heavy atom. The molecule has 8 heteroatoms. The number of carbonyl (C=O) groups is 2. The highest BCUT2D eigenvalue weighted by Crippen LogP contribution is 2.26. The number of nitrogens with zero attached hydrogens (tertiary/aromatic N) is 2. The molecule has 0 bridgehead atoms. The number of nitrogens with one attached hydrogen (secondary N) is 1. The van der Waals surface area contributed by atoms with Crippen LogP contribution in [0.1, 0.15) is 40.5 Å². The van der Waals surface area contributed by atoms with E-state index in [2.05, 4.69) is 15.3 Å². The lowest BCUT2D eigenvalue weighted by Gasteiger charge is -2.13. The first kappa shape index (κ1) is 25.6. The van der Waals surface area contributed by atoms with Crippen LogP contribution in [0.4, 0.5) is 0 Å². The number of allylic oxidation sites excluding steroid dienone is 1. The molecule has 2 aromatic carbocycles. The van der Waals surface area contributed by atoms with Crippen molar-refractivity contribution in [3.05, 3.63) is 88.8 Å². The fraction of sp³-hybridized carbons (Fsp3) is 0.241. The minimum Gasteiger partial charge on any atom is -0.497 e. The number of methoxy groups -OCH3 is 2. The number of hydrogen-bond donors (Lipinski definition) is 1. The summed E-state index contributed by atoms with van der Waals surface area (Å²) in [6.07, 6.45) is 8.82. The quantitative estimate of drug-likeness (QED) is 0.454. The fourth-order valence-electron chi connectivity index (χ4n) is 3.99. The molecule has 0 aliphatic heterocycles. The van der Waals surface area contributed by atoms with Crippen LogP contribution in [0.3, 0.4) is 0 Å². The van der Waals surface area contributed by atoms with Crippen LogP contribution in [0.25, 0.3) is 17.5 Å². The predicted molar refractivity (Wildman–Crippen MR) is 140 cm³/mol. The number of aryl methyl sites for hydroxylation is 1. The number of benzene rings is 2. The van der Waals surface area contributed by atoms with Crippen molar-refractivity contribution < 1.29 is 23.8 Å². The van der Waals surface area contributed by atoms with Gasteiger partial charge < -0.3 is 19.5 Å². The lowest BCUT2D eigenvalue weighted by molar-refractivity contribution is -0.138. The Labute approximate surface area is 216 Å². The largest absolute Gasteiger partial charge is 0.497 e. The summed E-state index contributed by atoms with van der Waals surface area (Å²) in [7, 11) is 3.15. The van der Waals surface area contributed by atoms with Crippen LogP contribution in [0.15, 0.2) is 66.4 Å². The standard InChI is InChI=1S/C29H29N3O5/c1-4-37-29(34)21-8-6-5-7-19-9-10-20(15-23(19)16-21)27-30-14-13-25(32-27)28(33)31-18-22-11-12-24(35-2)17-26(22)36-3/h6,8-17H,4-5,7,18H2,1-3H3,(H,31,33)/b8-6+,21-16+. The average molecular weight is 500 g/mol. The van der Waals surface area contributed by atoms with Crippen LogP contribution < -0.4 is 14.8 Å². The van der Waals surface area contributed by atoms with Crippen LogP contribution >= 0.6 is 0 Å². The monoisotopic (exact) mass is 499 g/mol. The summed E-state index contributed by atoms with van der Waals surface area (Å²) < 4.78 is 15.8. The summed E-state index contributed by atoms with van der Waals surface area (Å²) in [5.41, 5.74) is 4.30. The first-order valence-corrected chi connectivity index (χ1v) is 12.0. The Morgan fingerprint density at radius 3 is 2.70 bits per heavy atom. The van der Waals surface area contributed by atoms with Gasteiger partial charge in [0.15, 0.2) is 5.82 Å². The lowest BCUT2D eigenvalue weighted by Crippen LogP contribution is -2.24.